The van der Waals surface area contributed by atoms with Gasteiger partial charge in [0.15, 0.2) is 5.78 Å². The Balaban J connectivity index is 1.72. The summed E-state index contributed by atoms with van der Waals surface area (Å²) in [6.45, 7) is 2.13. The second kappa shape index (κ2) is 4.69. The van der Waals surface area contributed by atoms with Gasteiger partial charge in [0, 0.05) is 22.3 Å². The summed E-state index contributed by atoms with van der Waals surface area (Å²) in [5.41, 5.74) is 2.16. The molecule has 92 valence electrons. The second-order valence-corrected chi connectivity index (χ2v) is 5.86. The Bertz CT molecular complexity index is 539. The molecule has 1 aromatic carbocycles. The second-order valence-electron chi connectivity index (χ2n) is 4.88. The highest BCUT2D eigenvalue weighted by molar-refractivity contribution is 7.10. The molecule has 2 atom stereocenters. The molecule has 1 saturated carbocycles. The van der Waals surface area contributed by atoms with Gasteiger partial charge in [-0.2, -0.15) is 0 Å². The fraction of sp³-hybridized carbons (Fsp3) is 0.312. The van der Waals surface area contributed by atoms with Crippen LogP contribution in [-0.4, -0.2) is 5.78 Å². The molecule has 1 aliphatic rings. The van der Waals surface area contributed by atoms with E-state index >= 15 is 0 Å². The van der Waals surface area contributed by atoms with Gasteiger partial charge < -0.3 is 0 Å². The van der Waals surface area contributed by atoms with Crippen molar-refractivity contribution in [2.24, 2.45) is 5.92 Å². The molecule has 1 aliphatic carbocycles. The monoisotopic (exact) mass is 256 g/mol. The summed E-state index contributed by atoms with van der Waals surface area (Å²) in [5.74, 6) is 1.01. The van der Waals surface area contributed by atoms with Crippen LogP contribution in [0.15, 0.2) is 41.8 Å². The number of aryl methyl sites for hydroxylation is 1. The van der Waals surface area contributed by atoms with Crippen molar-refractivity contribution in [1.29, 1.82) is 0 Å². The Kier molecular flexibility index (Phi) is 3.04. The summed E-state index contributed by atoms with van der Waals surface area (Å²) in [6.07, 6.45) is 2.05. The molecule has 1 fully saturated rings. The summed E-state index contributed by atoms with van der Waals surface area (Å²) < 4.78 is 0. The van der Waals surface area contributed by atoms with Gasteiger partial charge in [0.25, 0.3) is 0 Å². The summed E-state index contributed by atoms with van der Waals surface area (Å²) in [4.78, 5) is 13.7. The Morgan fingerprint density at radius 1 is 1.28 bits per heavy atom. The molecule has 1 aromatic heterocycles. The molecule has 2 aromatic rings. The predicted octanol–water partition coefficient (Wildman–Crippen LogP) is 4.30. The van der Waals surface area contributed by atoms with Gasteiger partial charge in [0.1, 0.15) is 0 Å². The zero-order valence-corrected chi connectivity index (χ0v) is 11.2. The molecule has 18 heavy (non-hydrogen) atoms. The Morgan fingerprint density at radius 3 is 2.67 bits per heavy atom. The molecule has 0 spiro atoms. The van der Waals surface area contributed by atoms with Crippen molar-refractivity contribution in [2.45, 2.75) is 25.7 Å². The lowest BCUT2D eigenvalue weighted by Crippen LogP contribution is -2.02. The highest BCUT2D eigenvalue weighted by Gasteiger charge is 2.44. The van der Waals surface area contributed by atoms with Gasteiger partial charge in [-0.3, -0.25) is 4.79 Å². The highest BCUT2D eigenvalue weighted by atomic mass is 32.1. The maximum atomic E-state index is 12.3. The summed E-state index contributed by atoms with van der Waals surface area (Å²) >= 11 is 1.76. The zero-order chi connectivity index (χ0) is 12.5. The van der Waals surface area contributed by atoms with E-state index in [0.717, 1.165) is 18.4 Å². The fourth-order valence-corrected chi connectivity index (χ4v) is 3.33. The van der Waals surface area contributed by atoms with E-state index < -0.39 is 0 Å². The molecule has 0 aliphatic heterocycles. The summed E-state index contributed by atoms with van der Waals surface area (Å²) in [6, 6.07) is 12.3. The molecule has 2 unspecified atom stereocenters. The van der Waals surface area contributed by atoms with E-state index in [9.17, 15) is 4.79 Å². The number of ketones is 1. The van der Waals surface area contributed by atoms with Crippen LogP contribution in [0.1, 0.15) is 40.1 Å². The van der Waals surface area contributed by atoms with Crippen LogP contribution < -0.4 is 0 Å². The topological polar surface area (TPSA) is 17.1 Å². The third-order valence-corrected chi connectivity index (χ3v) is 4.69. The van der Waals surface area contributed by atoms with Gasteiger partial charge >= 0.3 is 0 Å². The van der Waals surface area contributed by atoms with E-state index in [-0.39, 0.29) is 5.92 Å². The lowest BCUT2D eigenvalue weighted by Gasteiger charge is -2.01. The minimum Gasteiger partial charge on any atom is -0.294 e. The lowest BCUT2D eigenvalue weighted by atomic mass is 10.0. The molecule has 3 rings (SSSR count). The van der Waals surface area contributed by atoms with E-state index in [1.165, 1.54) is 10.4 Å². The van der Waals surface area contributed by atoms with Gasteiger partial charge in [0.05, 0.1) is 0 Å². The average molecular weight is 256 g/mol. The molecular formula is C16H16OS. The largest absolute Gasteiger partial charge is 0.294 e. The van der Waals surface area contributed by atoms with Crippen LogP contribution in [0.25, 0.3) is 0 Å². The SMILES string of the molecule is CCc1ccc(C(=O)C2CC2c2cccs2)cc1. The fourth-order valence-electron chi connectivity index (χ4n) is 2.42. The van der Waals surface area contributed by atoms with Crippen LogP contribution in [0.2, 0.25) is 0 Å². The molecule has 0 amide bonds. The van der Waals surface area contributed by atoms with Gasteiger partial charge in [-0.05, 0) is 29.9 Å². The Hall–Kier alpha value is -1.41. The highest BCUT2D eigenvalue weighted by Crippen LogP contribution is 2.50. The molecule has 0 saturated heterocycles. The standard InChI is InChI=1S/C16H16OS/c1-2-11-5-7-12(8-6-11)16(17)14-10-13(14)15-4-3-9-18-15/h3-9,13-14H,2,10H2,1H3. The number of thiophene rings is 1. The van der Waals surface area contributed by atoms with Crippen LogP contribution in [0.3, 0.4) is 0 Å². The minimum absolute atomic E-state index is 0.219. The Morgan fingerprint density at radius 2 is 2.06 bits per heavy atom. The van der Waals surface area contributed by atoms with Crippen LogP contribution in [0, 0.1) is 5.92 Å². The van der Waals surface area contributed by atoms with Crippen molar-refractivity contribution in [3.8, 4) is 0 Å². The first kappa shape index (κ1) is 11.7. The number of carbonyl (C=O) groups excluding carboxylic acids is 1. The van der Waals surface area contributed by atoms with E-state index in [1.54, 1.807) is 11.3 Å². The lowest BCUT2D eigenvalue weighted by molar-refractivity contribution is 0.0965. The maximum Gasteiger partial charge on any atom is 0.166 e. The van der Waals surface area contributed by atoms with Gasteiger partial charge in [-0.1, -0.05) is 37.3 Å². The number of rotatable bonds is 4. The number of benzene rings is 1. The van der Waals surface area contributed by atoms with E-state index in [0.29, 0.717) is 11.7 Å². The van der Waals surface area contributed by atoms with Crippen molar-refractivity contribution in [2.75, 3.05) is 0 Å². The molecular weight excluding hydrogens is 240 g/mol. The van der Waals surface area contributed by atoms with Crippen molar-refractivity contribution in [1.82, 2.24) is 0 Å². The third kappa shape index (κ3) is 2.13. The smallest absolute Gasteiger partial charge is 0.166 e. The molecule has 1 nitrogen and oxygen atoms in total. The van der Waals surface area contributed by atoms with Gasteiger partial charge in [-0.15, -0.1) is 11.3 Å². The van der Waals surface area contributed by atoms with Gasteiger partial charge in [-0.25, -0.2) is 0 Å². The molecule has 0 bridgehead atoms. The van der Waals surface area contributed by atoms with Gasteiger partial charge in [0.2, 0.25) is 0 Å². The van der Waals surface area contributed by atoms with E-state index in [2.05, 4.69) is 36.6 Å². The van der Waals surface area contributed by atoms with Crippen LogP contribution in [0.4, 0.5) is 0 Å². The Labute approximate surface area is 111 Å². The summed E-state index contributed by atoms with van der Waals surface area (Å²) in [7, 11) is 0. The minimum atomic E-state index is 0.219. The normalized spacial score (nSPS) is 21.8. The quantitative estimate of drug-likeness (QED) is 0.745. The molecule has 0 N–H and O–H groups in total. The number of hydrogen-bond acceptors (Lipinski definition) is 2. The third-order valence-electron chi connectivity index (χ3n) is 3.68. The molecule has 2 heteroatoms. The van der Waals surface area contributed by atoms with Crippen LogP contribution >= 0.6 is 11.3 Å². The van der Waals surface area contributed by atoms with Crippen LogP contribution in [0.5, 0.6) is 0 Å². The van der Waals surface area contributed by atoms with Crippen molar-refractivity contribution in [3.63, 3.8) is 0 Å². The first-order valence-electron chi connectivity index (χ1n) is 6.46. The van der Waals surface area contributed by atoms with E-state index in [4.69, 9.17) is 0 Å². The predicted molar refractivity (Wildman–Crippen MR) is 75.3 cm³/mol. The average Bonchev–Trinajstić information content (AvgIpc) is 3.03. The van der Waals surface area contributed by atoms with E-state index in [1.807, 2.05) is 12.1 Å². The van der Waals surface area contributed by atoms with Crippen molar-refractivity contribution < 1.29 is 4.79 Å². The molecule has 1 heterocycles. The van der Waals surface area contributed by atoms with Crippen molar-refractivity contribution >= 4 is 17.1 Å². The maximum absolute atomic E-state index is 12.3. The number of Topliss-reactive ketones (excluding diaryl/α,β-unsaturated/α-hetero) is 1. The summed E-state index contributed by atoms with van der Waals surface area (Å²) in [5, 5.41) is 2.09. The van der Waals surface area contributed by atoms with Crippen LogP contribution in [-0.2, 0) is 6.42 Å². The number of carbonyl (C=O) groups is 1. The molecule has 0 radical (unpaired) electrons. The van der Waals surface area contributed by atoms with Crippen molar-refractivity contribution in [3.05, 3.63) is 57.8 Å². The zero-order valence-electron chi connectivity index (χ0n) is 10.4. The first-order chi connectivity index (χ1) is 8.79. The first-order valence-corrected chi connectivity index (χ1v) is 7.34. The number of hydrogen-bond donors (Lipinski definition) is 0.